The third-order valence-corrected chi connectivity index (χ3v) is 2.75. The first kappa shape index (κ1) is 11.0. The minimum atomic E-state index is -0.741. The maximum absolute atomic E-state index is 10.7. The Morgan fingerprint density at radius 2 is 2.29 bits per heavy atom. The molecule has 1 aromatic heterocycles. The smallest absolute Gasteiger partial charge is 0.305 e. The quantitative estimate of drug-likeness (QED) is 0.836. The van der Waals surface area contributed by atoms with Gasteiger partial charge in [-0.2, -0.15) is 5.10 Å². The Balaban J connectivity index is 0.000000980. The van der Waals surface area contributed by atoms with Gasteiger partial charge in [0.2, 0.25) is 0 Å². The largest absolute Gasteiger partial charge is 0.481 e. The summed E-state index contributed by atoms with van der Waals surface area (Å²) in [6.07, 6.45) is 6.70. The van der Waals surface area contributed by atoms with Gasteiger partial charge in [-0.3, -0.25) is 9.48 Å². The second-order valence-corrected chi connectivity index (χ2v) is 3.60. The molecular formula is C9H13ClN2O2. The molecular weight excluding hydrogens is 204 g/mol. The van der Waals surface area contributed by atoms with E-state index < -0.39 is 5.97 Å². The van der Waals surface area contributed by atoms with E-state index in [4.69, 9.17) is 5.11 Å². The predicted octanol–water partition coefficient (Wildman–Crippen LogP) is 1.66. The van der Waals surface area contributed by atoms with Crippen LogP contribution in [0.15, 0.2) is 18.5 Å². The Hall–Kier alpha value is -1.03. The summed E-state index contributed by atoms with van der Waals surface area (Å²) in [6.45, 7) is 0. The van der Waals surface area contributed by atoms with Gasteiger partial charge < -0.3 is 5.11 Å². The van der Waals surface area contributed by atoms with Crippen molar-refractivity contribution in [3.8, 4) is 0 Å². The first-order valence-electron chi connectivity index (χ1n) is 4.45. The van der Waals surface area contributed by atoms with E-state index in [0.29, 0.717) is 0 Å². The zero-order chi connectivity index (χ0) is 9.31. The zero-order valence-corrected chi connectivity index (χ0v) is 8.54. The van der Waals surface area contributed by atoms with Crippen molar-refractivity contribution in [1.82, 2.24) is 9.78 Å². The summed E-state index contributed by atoms with van der Waals surface area (Å²) < 4.78 is 1.80. The molecule has 0 aliphatic heterocycles. The van der Waals surface area contributed by atoms with Crippen molar-refractivity contribution in [3.63, 3.8) is 0 Å². The van der Waals surface area contributed by atoms with E-state index in [9.17, 15) is 4.79 Å². The number of carboxylic acids is 1. The van der Waals surface area contributed by atoms with E-state index in [0.717, 1.165) is 19.3 Å². The Morgan fingerprint density at radius 1 is 1.57 bits per heavy atom. The van der Waals surface area contributed by atoms with Crippen LogP contribution in [0, 0.1) is 0 Å². The first-order chi connectivity index (χ1) is 6.23. The number of aliphatic carboxylic acids is 1. The molecule has 0 bridgehead atoms. The van der Waals surface area contributed by atoms with Crippen LogP contribution >= 0.6 is 12.4 Å². The van der Waals surface area contributed by atoms with Crippen LogP contribution in [-0.4, -0.2) is 20.9 Å². The van der Waals surface area contributed by atoms with Crippen molar-refractivity contribution >= 4 is 18.4 Å². The van der Waals surface area contributed by atoms with Gasteiger partial charge in [-0.1, -0.05) is 0 Å². The third kappa shape index (κ3) is 1.75. The van der Waals surface area contributed by atoms with Crippen molar-refractivity contribution in [2.45, 2.75) is 31.2 Å². The monoisotopic (exact) mass is 216 g/mol. The second-order valence-electron chi connectivity index (χ2n) is 3.60. The summed E-state index contributed by atoms with van der Waals surface area (Å²) in [7, 11) is 0. The SMILES string of the molecule is Cl.O=C(O)CC1(n2cccn2)CCC1. The van der Waals surface area contributed by atoms with Crippen molar-refractivity contribution in [2.24, 2.45) is 0 Å². The highest BCUT2D eigenvalue weighted by Crippen LogP contribution is 2.41. The number of carboxylic acid groups (broad SMARTS) is 1. The van der Waals surface area contributed by atoms with E-state index >= 15 is 0 Å². The molecule has 1 heterocycles. The molecule has 1 fully saturated rings. The third-order valence-electron chi connectivity index (χ3n) is 2.75. The molecule has 1 aliphatic rings. The van der Waals surface area contributed by atoms with E-state index in [1.165, 1.54) is 0 Å². The van der Waals surface area contributed by atoms with E-state index in [1.807, 2.05) is 12.3 Å². The van der Waals surface area contributed by atoms with Crippen LogP contribution in [0.1, 0.15) is 25.7 Å². The molecule has 1 aliphatic carbocycles. The lowest BCUT2D eigenvalue weighted by Gasteiger charge is -2.40. The molecule has 0 radical (unpaired) electrons. The predicted molar refractivity (Wildman–Crippen MR) is 53.6 cm³/mol. The van der Waals surface area contributed by atoms with Gasteiger partial charge in [0.1, 0.15) is 0 Å². The fourth-order valence-corrected chi connectivity index (χ4v) is 1.90. The standard InChI is InChI=1S/C9H12N2O2.ClH/c12-8(13)7-9(3-1-4-9)11-6-2-5-10-11;/h2,5-6H,1,3-4,7H2,(H,12,13);1H. The topological polar surface area (TPSA) is 55.1 Å². The Morgan fingerprint density at radius 3 is 2.64 bits per heavy atom. The highest BCUT2D eigenvalue weighted by Gasteiger charge is 2.41. The van der Waals surface area contributed by atoms with Crippen LogP contribution in [-0.2, 0) is 10.3 Å². The maximum Gasteiger partial charge on any atom is 0.305 e. The molecule has 0 amide bonds. The van der Waals surface area contributed by atoms with Gasteiger partial charge in [0, 0.05) is 12.4 Å². The molecule has 4 nitrogen and oxygen atoms in total. The summed E-state index contributed by atoms with van der Waals surface area (Å²) in [6, 6.07) is 1.84. The first-order valence-corrected chi connectivity index (χ1v) is 4.45. The van der Waals surface area contributed by atoms with Gasteiger partial charge in [0.15, 0.2) is 0 Å². The van der Waals surface area contributed by atoms with Crippen molar-refractivity contribution in [3.05, 3.63) is 18.5 Å². The lowest BCUT2D eigenvalue weighted by molar-refractivity contribution is -0.141. The highest BCUT2D eigenvalue weighted by atomic mass is 35.5. The van der Waals surface area contributed by atoms with Crippen LogP contribution in [0.5, 0.6) is 0 Å². The molecule has 0 atom stereocenters. The molecule has 78 valence electrons. The van der Waals surface area contributed by atoms with Gasteiger partial charge >= 0.3 is 5.97 Å². The molecule has 0 saturated heterocycles. The normalized spacial score (nSPS) is 18.0. The lowest BCUT2D eigenvalue weighted by atomic mass is 9.74. The number of carbonyl (C=O) groups is 1. The van der Waals surface area contributed by atoms with Crippen LogP contribution in [0.3, 0.4) is 0 Å². The number of aromatic nitrogens is 2. The number of nitrogens with zero attached hydrogens (tertiary/aromatic N) is 2. The van der Waals surface area contributed by atoms with Crippen LogP contribution in [0.2, 0.25) is 0 Å². The number of halogens is 1. The molecule has 14 heavy (non-hydrogen) atoms. The van der Waals surface area contributed by atoms with Gasteiger partial charge in [-0.15, -0.1) is 12.4 Å². The Kier molecular flexibility index (Phi) is 3.16. The Bertz CT molecular complexity index is 307. The molecule has 5 heteroatoms. The average Bonchev–Trinajstić information content (AvgIpc) is 2.48. The summed E-state index contributed by atoms with van der Waals surface area (Å²) in [4.78, 5) is 10.7. The fraction of sp³-hybridized carbons (Fsp3) is 0.556. The molecule has 1 N–H and O–H groups in total. The molecule has 0 spiro atoms. The molecule has 1 saturated carbocycles. The van der Waals surface area contributed by atoms with Crippen molar-refractivity contribution < 1.29 is 9.90 Å². The van der Waals surface area contributed by atoms with Gasteiger partial charge in [0.05, 0.1) is 12.0 Å². The number of rotatable bonds is 3. The maximum atomic E-state index is 10.7. The van der Waals surface area contributed by atoms with Crippen molar-refractivity contribution in [2.75, 3.05) is 0 Å². The zero-order valence-electron chi connectivity index (χ0n) is 7.72. The van der Waals surface area contributed by atoms with E-state index in [1.54, 1.807) is 10.9 Å². The molecule has 0 unspecified atom stereocenters. The van der Waals surface area contributed by atoms with Gasteiger partial charge in [-0.25, -0.2) is 0 Å². The summed E-state index contributed by atoms with van der Waals surface area (Å²) >= 11 is 0. The van der Waals surface area contributed by atoms with Gasteiger partial charge in [0.25, 0.3) is 0 Å². The summed E-state index contributed by atoms with van der Waals surface area (Å²) in [5, 5.41) is 12.9. The van der Waals surface area contributed by atoms with Gasteiger partial charge in [-0.05, 0) is 25.3 Å². The fourth-order valence-electron chi connectivity index (χ4n) is 1.90. The van der Waals surface area contributed by atoms with Crippen LogP contribution in [0.4, 0.5) is 0 Å². The Labute approximate surface area is 88.3 Å². The van der Waals surface area contributed by atoms with Crippen molar-refractivity contribution in [1.29, 1.82) is 0 Å². The second kappa shape index (κ2) is 4.00. The summed E-state index contributed by atoms with van der Waals surface area (Å²) in [5.41, 5.74) is -0.227. The van der Waals surface area contributed by atoms with Crippen LogP contribution in [0.25, 0.3) is 0 Å². The minimum absolute atomic E-state index is 0. The number of hydrogen-bond acceptors (Lipinski definition) is 2. The molecule has 0 aromatic carbocycles. The average molecular weight is 217 g/mol. The number of hydrogen-bond donors (Lipinski definition) is 1. The van der Waals surface area contributed by atoms with E-state index in [-0.39, 0.29) is 24.4 Å². The van der Waals surface area contributed by atoms with E-state index in [2.05, 4.69) is 5.10 Å². The lowest BCUT2D eigenvalue weighted by Crippen LogP contribution is -2.42. The minimum Gasteiger partial charge on any atom is -0.481 e. The summed E-state index contributed by atoms with van der Waals surface area (Å²) in [5.74, 6) is -0.741. The molecule has 1 aromatic rings. The molecule has 2 rings (SSSR count). The van der Waals surface area contributed by atoms with Crippen LogP contribution < -0.4 is 0 Å². The highest BCUT2D eigenvalue weighted by molar-refractivity contribution is 5.85.